The second-order valence-corrected chi connectivity index (χ2v) is 3.96. The normalized spacial score (nSPS) is 12.2. The molecule has 88 valence electrons. The fourth-order valence-corrected chi connectivity index (χ4v) is 1.75. The highest BCUT2D eigenvalue weighted by Gasteiger charge is 2.12. The Morgan fingerprint density at radius 1 is 1.50 bits per heavy atom. The smallest absolute Gasteiger partial charge is 0.337 e. The van der Waals surface area contributed by atoms with E-state index in [1.807, 2.05) is 19.1 Å². The van der Waals surface area contributed by atoms with Crippen molar-refractivity contribution >= 4 is 5.97 Å². The van der Waals surface area contributed by atoms with E-state index in [-0.39, 0.29) is 12.0 Å². The zero-order valence-corrected chi connectivity index (χ0v) is 10.1. The molecule has 2 N–H and O–H groups in total. The predicted molar refractivity (Wildman–Crippen MR) is 64.4 cm³/mol. The Hall–Kier alpha value is -1.35. The van der Waals surface area contributed by atoms with Gasteiger partial charge in [-0.2, -0.15) is 0 Å². The van der Waals surface area contributed by atoms with Crippen LogP contribution in [0.2, 0.25) is 0 Å². The molecule has 0 aliphatic carbocycles. The Morgan fingerprint density at radius 3 is 2.75 bits per heavy atom. The summed E-state index contributed by atoms with van der Waals surface area (Å²) in [5.74, 6) is -0.315. The van der Waals surface area contributed by atoms with Crippen LogP contribution in [0.5, 0.6) is 0 Å². The maximum Gasteiger partial charge on any atom is 0.337 e. The summed E-state index contributed by atoms with van der Waals surface area (Å²) in [5.41, 5.74) is 8.78. The number of hydrogen-bond acceptors (Lipinski definition) is 3. The third-order valence-corrected chi connectivity index (χ3v) is 2.70. The summed E-state index contributed by atoms with van der Waals surface area (Å²) in [5, 5.41) is 0. The molecule has 0 saturated heterocycles. The Labute approximate surface area is 96.6 Å². The van der Waals surface area contributed by atoms with Crippen molar-refractivity contribution in [1.82, 2.24) is 0 Å². The van der Waals surface area contributed by atoms with Crippen molar-refractivity contribution < 1.29 is 9.53 Å². The number of ether oxygens (including phenoxy) is 1. The van der Waals surface area contributed by atoms with Gasteiger partial charge in [-0.05, 0) is 36.6 Å². The highest BCUT2D eigenvalue weighted by atomic mass is 16.5. The molecule has 0 bridgehead atoms. The maximum atomic E-state index is 11.4. The lowest BCUT2D eigenvalue weighted by Crippen LogP contribution is -2.13. The average molecular weight is 221 g/mol. The van der Waals surface area contributed by atoms with Crippen LogP contribution >= 0.6 is 0 Å². The molecule has 0 saturated carbocycles. The van der Waals surface area contributed by atoms with Crippen molar-refractivity contribution in [3.8, 4) is 0 Å². The number of aryl methyl sites for hydroxylation is 1. The molecule has 1 aromatic carbocycles. The minimum Gasteiger partial charge on any atom is -0.465 e. The predicted octanol–water partition coefficient (Wildman–Crippen LogP) is 2.58. The van der Waals surface area contributed by atoms with E-state index < -0.39 is 0 Å². The van der Waals surface area contributed by atoms with E-state index in [9.17, 15) is 4.79 Å². The van der Waals surface area contributed by atoms with Crippen molar-refractivity contribution in [2.45, 2.75) is 32.7 Å². The first kappa shape index (κ1) is 12.7. The molecule has 0 spiro atoms. The van der Waals surface area contributed by atoms with Crippen molar-refractivity contribution in [3.63, 3.8) is 0 Å². The summed E-state index contributed by atoms with van der Waals surface area (Å²) < 4.78 is 4.69. The number of methoxy groups -OCH3 is 1. The number of benzene rings is 1. The van der Waals surface area contributed by atoms with Gasteiger partial charge in [0.2, 0.25) is 0 Å². The number of carbonyl (C=O) groups excluding carboxylic acids is 1. The molecule has 0 fully saturated rings. The first-order valence-corrected chi connectivity index (χ1v) is 5.54. The van der Waals surface area contributed by atoms with Gasteiger partial charge in [0.05, 0.1) is 12.7 Å². The molecule has 0 heterocycles. The third-order valence-electron chi connectivity index (χ3n) is 2.70. The van der Waals surface area contributed by atoms with Crippen molar-refractivity contribution in [2.24, 2.45) is 5.73 Å². The molecule has 0 aromatic heterocycles. The number of hydrogen-bond donors (Lipinski definition) is 1. The van der Waals surface area contributed by atoms with Gasteiger partial charge in [-0.3, -0.25) is 0 Å². The lowest BCUT2D eigenvalue weighted by molar-refractivity contribution is 0.0600. The van der Waals surface area contributed by atoms with Crippen LogP contribution in [0.1, 0.15) is 47.3 Å². The van der Waals surface area contributed by atoms with Gasteiger partial charge in [-0.25, -0.2) is 4.79 Å². The molecule has 1 unspecified atom stereocenters. The Bertz CT molecular complexity index is 374. The molecule has 1 rings (SSSR count). The van der Waals surface area contributed by atoms with E-state index in [2.05, 4.69) is 6.92 Å². The van der Waals surface area contributed by atoms with Crippen LogP contribution in [0.4, 0.5) is 0 Å². The third kappa shape index (κ3) is 2.83. The molecule has 1 atom stereocenters. The molecular formula is C13H19NO2. The molecular weight excluding hydrogens is 202 g/mol. The molecule has 16 heavy (non-hydrogen) atoms. The van der Waals surface area contributed by atoms with Crippen molar-refractivity contribution in [2.75, 3.05) is 7.11 Å². The van der Waals surface area contributed by atoms with E-state index in [1.54, 1.807) is 6.07 Å². The van der Waals surface area contributed by atoms with Gasteiger partial charge in [0.15, 0.2) is 0 Å². The highest BCUT2D eigenvalue weighted by Crippen LogP contribution is 2.21. The van der Waals surface area contributed by atoms with Crippen LogP contribution in [-0.2, 0) is 4.74 Å². The number of esters is 1. The maximum absolute atomic E-state index is 11.4. The van der Waals surface area contributed by atoms with Crippen LogP contribution in [-0.4, -0.2) is 13.1 Å². The lowest BCUT2D eigenvalue weighted by atomic mass is 9.96. The summed E-state index contributed by atoms with van der Waals surface area (Å²) in [6.07, 6.45) is 1.95. The highest BCUT2D eigenvalue weighted by molar-refractivity contribution is 5.89. The Balaban J connectivity index is 3.03. The van der Waals surface area contributed by atoms with E-state index in [4.69, 9.17) is 10.5 Å². The summed E-state index contributed by atoms with van der Waals surface area (Å²) in [6.45, 7) is 4.10. The van der Waals surface area contributed by atoms with Crippen LogP contribution < -0.4 is 5.73 Å². The minimum atomic E-state index is -0.315. The van der Waals surface area contributed by atoms with Gasteiger partial charge < -0.3 is 10.5 Å². The second kappa shape index (κ2) is 5.66. The Kier molecular flexibility index (Phi) is 4.50. The van der Waals surface area contributed by atoms with Gasteiger partial charge in [0, 0.05) is 6.04 Å². The first-order chi connectivity index (χ1) is 7.60. The van der Waals surface area contributed by atoms with E-state index in [1.165, 1.54) is 7.11 Å². The first-order valence-electron chi connectivity index (χ1n) is 5.54. The quantitative estimate of drug-likeness (QED) is 0.795. The minimum absolute atomic E-state index is 0.00499. The fraction of sp³-hybridized carbons (Fsp3) is 0.462. The molecule has 0 radical (unpaired) electrons. The number of rotatable bonds is 4. The summed E-state index contributed by atoms with van der Waals surface area (Å²) in [7, 11) is 1.38. The molecule has 0 aliphatic heterocycles. The lowest BCUT2D eigenvalue weighted by Gasteiger charge is -2.14. The largest absolute Gasteiger partial charge is 0.465 e. The number of nitrogens with two attached hydrogens (primary N) is 1. The Morgan fingerprint density at radius 2 is 2.19 bits per heavy atom. The van der Waals surface area contributed by atoms with Crippen molar-refractivity contribution in [3.05, 3.63) is 34.9 Å². The van der Waals surface area contributed by atoms with Gasteiger partial charge in [-0.1, -0.05) is 19.4 Å². The van der Waals surface area contributed by atoms with Crippen molar-refractivity contribution in [1.29, 1.82) is 0 Å². The number of carbonyl (C=O) groups is 1. The van der Waals surface area contributed by atoms with E-state index in [0.29, 0.717) is 5.56 Å². The van der Waals surface area contributed by atoms with Crippen LogP contribution in [0, 0.1) is 6.92 Å². The standard InChI is InChI=1S/C13H19NO2/c1-4-5-12(14)11-8-10(13(15)16-3)7-6-9(11)2/h6-8,12H,4-5,14H2,1-3H3. The van der Waals surface area contributed by atoms with Crippen LogP contribution in [0.15, 0.2) is 18.2 Å². The zero-order chi connectivity index (χ0) is 12.1. The summed E-state index contributed by atoms with van der Waals surface area (Å²) >= 11 is 0. The van der Waals surface area contributed by atoms with E-state index >= 15 is 0 Å². The molecule has 3 nitrogen and oxygen atoms in total. The van der Waals surface area contributed by atoms with Crippen LogP contribution in [0.3, 0.4) is 0 Å². The topological polar surface area (TPSA) is 52.3 Å². The monoisotopic (exact) mass is 221 g/mol. The average Bonchev–Trinajstić information content (AvgIpc) is 2.29. The fourth-order valence-electron chi connectivity index (χ4n) is 1.75. The summed E-state index contributed by atoms with van der Waals surface area (Å²) in [6, 6.07) is 5.51. The summed E-state index contributed by atoms with van der Waals surface area (Å²) in [4.78, 5) is 11.4. The molecule has 1 aromatic rings. The van der Waals surface area contributed by atoms with Gasteiger partial charge >= 0.3 is 5.97 Å². The molecule has 3 heteroatoms. The second-order valence-electron chi connectivity index (χ2n) is 3.96. The SMILES string of the molecule is CCCC(N)c1cc(C(=O)OC)ccc1C. The van der Waals surface area contributed by atoms with Gasteiger partial charge in [-0.15, -0.1) is 0 Å². The molecule has 0 amide bonds. The van der Waals surface area contributed by atoms with Crippen LogP contribution in [0.25, 0.3) is 0 Å². The van der Waals surface area contributed by atoms with E-state index in [0.717, 1.165) is 24.0 Å². The van der Waals surface area contributed by atoms with Gasteiger partial charge in [0.1, 0.15) is 0 Å². The zero-order valence-electron chi connectivity index (χ0n) is 10.1. The molecule has 0 aliphatic rings. The van der Waals surface area contributed by atoms with Gasteiger partial charge in [0.25, 0.3) is 0 Å².